The number of aromatic nitrogens is 5. The van der Waals surface area contributed by atoms with Gasteiger partial charge in [-0.15, -0.1) is 0 Å². The van der Waals surface area contributed by atoms with E-state index in [1.165, 1.54) is 18.5 Å². The van der Waals surface area contributed by atoms with Gasteiger partial charge in [0.15, 0.2) is 21.3 Å². The van der Waals surface area contributed by atoms with E-state index in [0.29, 0.717) is 33.9 Å². The lowest BCUT2D eigenvalue weighted by Gasteiger charge is -2.12. The van der Waals surface area contributed by atoms with Crippen LogP contribution in [0.15, 0.2) is 41.6 Å². The zero-order valence-corrected chi connectivity index (χ0v) is 17.2. The monoisotopic (exact) mass is 427 g/mol. The lowest BCUT2D eigenvalue weighted by atomic mass is 10.1. The van der Waals surface area contributed by atoms with Gasteiger partial charge in [-0.1, -0.05) is 0 Å². The Labute approximate surface area is 171 Å². The molecular formula is C19H18FN7O2S. The predicted octanol–water partition coefficient (Wildman–Crippen LogP) is 3.39. The second kappa shape index (κ2) is 7.34. The number of rotatable bonds is 5. The van der Waals surface area contributed by atoms with Gasteiger partial charge in [0.1, 0.15) is 11.6 Å². The normalized spacial score (nSPS) is 11.6. The van der Waals surface area contributed by atoms with Crippen LogP contribution in [0.5, 0.6) is 0 Å². The van der Waals surface area contributed by atoms with Crippen molar-refractivity contribution in [3.8, 4) is 0 Å². The maximum atomic E-state index is 13.5. The van der Waals surface area contributed by atoms with E-state index in [1.807, 2.05) is 13.0 Å². The summed E-state index contributed by atoms with van der Waals surface area (Å²) in [6.07, 6.45) is 3.81. The molecule has 0 unspecified atom stereocenters. The van der Waals surface area contributed by atoms with Crippen LogP contribution in [0.25, 0.3) is 11.0 Å². The van der Waals surface area contributed by atoms with Crippen molar-refractivity contribution < 1.29 is 12.8 Å². The highest BCUT2D eigenvalue weighted by atomic mass is 32.2. The number of aromatic amines is 1. The number of sulfone groups is 1. The summed E-state index contributed by atoms with van der Waals surface area (Å²) in [5.41, 5.74) is 2.51. The molecule has 3 N–H and O–H groups in total. The highest BCUT2D eigenvalue weighted by Gasteiger charge is 2.15. The minimum absolute atomic E-state index is 0.247. The Bertz CT molecular complexity index is 1370. The first-order valence-corrected chi connectivity index (χ1v) is 10.8. The van der Waals surface area contributed by atoms with Crippen LogP contribution in [-0.2, 0) is 9.84 Å². The average molecular weight is 427 g/mol. The topological polar surface area (TPSA) is 126 Å². The van der Waals surface area contributed by atoms with E-state index in [-0.39, 0.29) is 10.8 Å². The summed E-state index contributed by atoms with van der Waals surface area (Å²) in [4.78, 5) is 12.7. The van der Waals surface area contributed by atoms with Crippen molar-refractivity contribution in [2.24, 2.45) is 0 Å². The van der Waals surface area contributed by atoms with Gasteiger partial charge in [0, 0.05) is 18.1 Å². The number of H-pyrrole nitrogens is 1. The maximum Gasteiger partial charge on any atom is 0.229 e. The van der Waals surface area contributed by atoms with Gasteiger partial charge in [0.05, 0.1) is 16.5 Å². The van der Waals surface area contributed by atoms with Crippen molar-refractivity contribution in [1.29, 1.82) is 0 Å². The summed E-state index contributed by atoms with van der Waals surface area (Å²) in [7, 11) is -3.38. The molecular weight excluding hydrogens is 409 g/mol. The summed E-state index contributed by atoms with van der Waals surface area (Å²) in [6.45, 7) is 3.60. The molecule has 0 aliphatic carbocycles. The van der Waals surface area contributed by atoms with E-state index < -0.39 is 15.7 Å². The first-order valence-electron chi connectivity index (χ1n) is 8.89. The molecule has 9 nitrogen and oxygen atoms in total. The Kier molecular flexibility index (Phi) is 4.82. The molecule has 0 aliphatic heterocycles. The van der Waals surface area contributed by atoms with Gasteiger partial charge in [-0.3, -0.25) is 5.10 Å². The zero-order valence-electron chi connectivity index (χ0n) is 16.4. The Morgan fingerprint density at radius 1 is 1.10 bits per heavy atom. The molecule has 3 heterocycles. The van der Waals surface area contributed by atoms with E-state index in [0.717, 1.165) is 11.8 Å². The fraction of sp³-hybridized carbons (Fsp3) is 0.158. The molecule has 0 amide bonds. The Morgan fingerprint density at radius 2 is 1.90 bits per heavy atom. The number of anilines is 4. The third kappa shape index (κ3) is 3.92. The SMILES string of the molecule is Cc1cc(Nc2nccc(Nc3n[nH]c4ncc(F)cc34)n2)cc(S(C)(=O)=O)c1C. The second-order valence-corrected chi connectivity index (χ2v) is 8.81. The van der Waals surface area contributed by atoms with E-state index in [2.05, 4.69) is 35.8 Å². The molecule has 1 aromatic carbocycles. The molecule has 4 rings (SSSR count). The number of halogens is 1. The molecule has 0 spiro atoms. The van der Waals surface area contributed by atoms with Crippen molar-refractivity contribution in [2.45, 2.75) is 18.7 Å². The molecule has 154 valence electrons. The quantitative estimate of drug-likeness (QED) is 0.442. The van der Waals surface area contributed by atoms with Gasteiger partial charge in [-0.25, -0.2) is 22.8 Å². The minimum Gasteiger partial charge on any atom is -0.324 e. The minimum atomic E-state index is -3.38. The standard InChI is InChI=1S/C19H18FN7O2S/c1-10-6-13(8-15(11(10)2)30(3,28)29)23-19-21-5-4-16(25-19)24-18-14-7-12(20)9-22-17(14)26-27-18/h4-9H,1-3H3,(H3,21,22,23,24,25,26,27). The van der Waals surface area contributed by atoms with E-state index >= 15 is 0 Å². The van der Waals surface area contributed by atoms with Crippen LogP contribution < -0.4 is 10.6 Å². The molecule has 0 fully saturated rings. The molecule has 0 bridgehead atoms. The van der Waals surface area contributed by atoms with Gasteiger partial charge in [0.25, 0.3) is 0 Å². The van der Waals surface area contributed by atoms with Gasteiger partial charge in [-0.2, -0.15) is 10.1 Å². The molecule has 3 aromatic heterocycles. The molecule has 0 radical (unpaired) electrons. The van der Waals surface area contributed by atoms with Crippen molar-refractivity contribution in [3.05, 3.63) is 53.6 Å². The van der Waals surface area contributed by atoms with Crippen LogP contribution in [0.3, 0.4) is 0 Å². The molecule has 11 heteroatoms. The summed E-state index contributed by atoms with van der Waals surface area (Å²) >= 11 is 0. The van der Waals surface area contributed by atoms with Crippen LogP contribution in [0.4, 0.5) is 27.7 Å². The highest BCUT2D eigenvalue weighted by molar-refractivity contribution is 7.90. The Hall–Kier alpha value is -3.60. The van der Waals surface area contributed by atoms with E-state index in [1.54, 1.807) is 19.1 Å². The number of hydrogen-bond acceptors (Lipinski definition) is 8. The molecule has 0 saturated heterocycles. The number of hydrogen-bond donors (Lipinski definition) is 3. The molecule has 30 heavy (non-hydrogen) atoms. The fourth-order valence-corrected chi connectivity index (χ4v) is 4.05. The van der Waals surface area contributed by atoms with Crippen molar-refractivity contribution in [1.82, 2.24) is 25.1 Å². The highest BCUT2D eigenvalue weighted by Crippen LogP contribution is 2.26. The first kappa shape index (κ1) is 19.7. The largest absolute Gasteiger partial charge is 0.324 e. The number of nitrogens with one attached hydrogen (secondary N) is 3. The third-order valence-electron chi connectivity index (χ3n) is 4.56. The lowest BCUT2D eigenvalue weighted by Crippen LogP contribution is -2.05. The van der Waals surface area contributed by atoms with Crippen LogP contribution in [0.2, 0.25) is 0 Å². The summed E-state index contributed by atoms with van der Waals surface area (Å²) < 4.78 is 37.6. The van der Waals surface area contributed by atoms with Crippen molar-refractivity contribution in [3.63, 3.8) is 0 Å². The van der Waals surface area contributed by atoms with Gasteiger partial charge in [0.2, 0.25) is 5.95 Å². The van der Waals surface area contributed by atoms with Crippen LogP contribution in [0.1, 0.15) is 11.1 Å². The van der Waals surface area contributed by atoms with Crippen molar-refractivity contribution >= 4 is 44.1 Å². The third-order valence-corrected chi connectivity index (χ3v) is 5.78. The summed E-state index contributed by atoms with van der Waals surface area (Å²) in [5, 5.41) is 13.3. The molecule has 0 atom stereocenters. The Balaban J connectivity index is 1.63. The maximum absolute atomic E-state index is 13.5. The number of fused-ring (bicyclic) bond motifs is 1. The van der Waals surface area contributed by atoms with Crippen LogP contribution in [0, 0.1) is 19.7 Å². The zero-order chi connectivity index (χ0) is 21.5. The second-order valence-electron chi connectivity index (χ2n) is 6.83. The smallest absolute Gasteiger partial charge is 0.229 e. The number of nitrogens with zero attached hydrogens (tertiary/aromatic N) is 4. The summed E-state index contributed by atoms with van der Waals surface area (Å²) in [5.74, 6) is 0.560. The number of benzene rings is 1. The van der Waals surface area contributed by atoms with E-state index in [9.17, 15) is 12.8 Å². The van der Waals surface area contributed by atoms with Gasteiger partial charge in [-0.05, 0) is 49.2 Å². The predicted molar refractivity (Wildman–Crippen MR) is 111 cm³/mol. The number of aryl methyl sites for hydroxylation is 1. The van der Waals surface area contributed by atoms with Crippen LogP contribution in [-0.4, -0.2) is 39.8 Å². The van der Waals surface area contributed by atoms with E-state index in [4.69, 9.17) is 0 Å². The molecule has 4 aromatic rings. The van der Waals surface area contributed by atoms with Gasteiger partial charge >= 0.3 is 0 Å². The average Bonchev–Trinajstić information content (AvgIpc) is 3.06. The summed E-state index contributed by atoms with van der Waals surface area (Å²) in [6, 6.07) is 6.32. The lowest BCUT2D eigenvalue weighted by molar-refractivity contribution is 0.601. The first-order chi connectivity index (χ1) is 14.2. The Morgan fingerprint density at radius 3 is 2.67 bits per heavy atom. The number of pyridine rings is 1. The van der Waals surface area contributed by atoms with Gasteiger partial charge < -0.3 is 10.6 Å². The van der Waals surface area contributed by atoms with Crippen LogP contribution >= 0.6 is 0 Å². The van der Waals surface area contributed by atoms with Crippen molar-refractivity contribution in [2.75, 3.05) is 16.9 Å². The molecule has 0 aliphatic rings. The molecule has 0 saturated carbocycles. The fourth-order valence-electron chi connectivity index (χ4n) is 3.00.